The molecule has 1 fully saturated rings. The van der Waals surface area contributed by atoms with E-state index < -0.39 is 5.92 Å². The number of esters is 1. The first kappa shape index (κ1) is 17.7. The summed E-state index contributed by atoms with van der Waals surface area (Å²) >= 11 is 3.37. The third-order valence-corrected chi connectivity index (χ3v) is 5.06. The topological polar surface area (TPSA) is 46.6 Å². The number of halogens is 1. The molecule has 5 heteroatoms. The Morgan fingerprint density at radius 1 is 1.20 bits per heavy atom. The molecular weight excluding hydrogens is 382 g/mol. The van der Waals surface area contributed by atoms with Gasteiger partial charge in [-0.15, -0.1) is 0 Å². The van der Waals surface area contributed by atoms with Gasteiger partial charge in [0.2, 0.25) is 5.91 Å². The molecule has 0 bridgehead atoms. The monoisotopic (exact) mass is 401 g/mol. The van der Waals surface area contributed by atoms with E-state index in [1.54, 1.807) is 4.90 Å². The van der Waals surface area contributed by atoms with Gasteiger partial charge in [-0.25, -0.2) is 0 Å². The Morgan fingerprint density at radius 2 is 1.88 bits per heavy atom. The van der Waals surface area contributed by atoms with Crippen LogP contribution in [0.5, 0.6) is 0 Å². The first-order valence-corrected chi connectivity index (χ1v) is 9.09. The van der Waals surface area contributed by atoms with E-state index in [1.807, 2.05) is 61.5 Å². The van der Waals surface area contributed by atoms with Gasteiger partial charge in [0.05, 0.1) is 12.0 Å². The Morgan fingerprint density at radius 3 is 2.56 bits per heavy atom. The van der Waals surface area contributed by atoms with Crippen LogP contribution in [0.1, 0.15) is 30.5 Å². The van der Waals surface area contributed by atoms with E-state index in [-0.39, 0.29) is 30.9 Å². The second kappa shape index (κ2) is 7.83. The van der Waals surface area contributed by atoms with Crippen LogP contribution in [0.25, 0.3) is 0 Å². The van der Waals surface area contributed by atoms with E-state index in [4.69, 9.17) is 4.74 Å². The van der Waals surface area contributed by atoms with Crippen molar-refractivity contribution in [3.05, 3.63) is 70.2 Å². The van der Waals surface area contributed by atoms with Crippen molar-refractivity contribution in [1.82, 2.24) is 4.90 Å². The molecule has 1 aliphatic rings. The second-order valence-electron chi connectivity index (χ2n) is 6.27. The van der Waals surface area contributed by atoms with Gasteiger partial charge in [0.15, 0.2) is 0 Å². The predicted molar refractivity (Wildman–Crippen MR) is 98.6 cm³/mol. The molecule has 3 rings (SSSR count). The van der Waals surface area contributed by atoms with E-state index in [0.717, 1.165) is 15.6 Å². The summed E-state index contributed by atoms with van der Waals surface area (Å²) in [7, 11) is 0. The van der Waals surface area contributed by atoms with Crippen LogP contribution in [0, 0.1) is 5.92 Å². The molecule has 1 aliphatic heterocycles. The number of benzene rings is 2. The SMILES string of the molecule is C[C@H](c1ccccc1)N1C[C@H](C(=O)OCc2ccc(Br)cc2)CC1=O. The van der Waals surface area contributed by atoms with Crippen molar-refractivity contribution >= 4 is 27.8 Å². The molecule has 2 aromatic rings. The maximum Gasteiger partial charge on any atom is 0.311 e. The molecule has 0 spiro atoms. The smallest absolute Gasteiger partial charge is 0.311 e. The summed E-state index contributed by atoms with van der Waals surface area (Å²) in [5, 5.41) is 0. The molecule has 2 aromatic carbocycles. The third-order valence-electron chi connectivity index (χ3n) is 4.54. The van der Waals surface area contributed by atoms with Gasteiger partial charge >= 0.3 is 5.97 Å². The lowest BCUT2D eigenvalue weighted by molar-refractivity contribution is -0.149. The molecule has 0 saturated carbocycles. The third kappa shape index (κ3) is 4.28. The van der Waals surface area contributed by atoms with Crippen LogP contribution in [-0.2, 0) is 20.9 Å². The fourth-order valence-corrected chi connectivity index (χ4v) is 3.29. The van der Waals surface area contributed by atoms with Gasteiger partial charge < -0.3 is 9.64 Å². The summed E-state index contributed by atoms with van der Waals surface area (Å²) < 4.78 is 6.38. The maximum absolute atomic E-state index is 12.3. The first-order chi connectivity index (χ1) is 12.0. The van der Waals surface area contributed by atoms with Crippen molar-refractivity contribution in [1.29, 1.82) is 0 Å². The number of hydrogen-bond donors (Lipinski definition) is 0. The van der Waals surface area contributed by atoms with E-state index >= 15 is 0 Å². The molecule has 1 saturated heterocycles. The van der Waals surface area contributed by atoms with Gasteiger partial charge in [-0.3, -0.25) is 9.59 Å². The van der Waals surface area contributed by atoms with Gasteiger partial charge in [-0.1, -0.05) is 58.4 Å². The van der Waals surface area contributed by atoms with Crippen LogP contribution >= 0.6 is 15.9 Å². The highest BCUT2D eigenvalue weighted by Crippen LogP contribution is 2.29. The highest BCUT2D eigenvalue weighted by Gasteiger charge is 2.37. The number of carbonyl (C=O) groups excluding carboxylic acids is 2. The highest BCUT2D eigenvalue weighted by atomic mass is 79.9. The average Bonchev–Trinajstić information content (AvgIpc) is 3.03. The summed E-state index contributed by atoms with van der Waals surface area (Å²) in [6.07, 6.45) is 0.219. The Kier molecular flexibility index (Phi) is 5.53. The minimum absolute atomic E-state index is 0.00180. The standard InChI is InChI=1S/C20H20BrNO3/c1-14(16-5-3-2-4-6-16)22-12-17(11-19(22)23)20(24)25-13-15-7-9-18(21)10-8-15/h2-10,14,17H,11-13H2,1H3/t14-,17-/m1/s1. The van der Waals surface area contributed by atoms with Crippen LogP contribution in [0.4, 0.5) is 0 Å². The van der Waals surface area contributed by atoms with Crippen LogP contribution in [0.15, 0.2) is 59.1 Å². The lowest BCUT2D eigenvalue weighted by Crippen LogP contribution is -2.29. The highest BCUT2D eigenvalue weighted by molar-refractivity contribution is 9.10. The van der Waals surface area contributed by atoms with E-state index in [1.165, 1.54) is 0 Å². The van der Waals surface area contributed by atoms with Crippen LogP contribution in [0.3, 0.4) is 0 Å². The minimum Gasteiger partial charge on any atom is -0.461 e. The molecule has 0 unspecified atom stereocenters. The zero-order valence-electron chi connectivity index (χ0n) is 14.0. The van der Waals surface area contributed by atoms with Crippen LogP contribution in [0.2, 0.25) is 0 Å². The molecule has 1 heterocycles. The maximum atomic E-state index is 12.3. The lowest BCUT2D eigenvalue weighted by atomic mass is 10.1. The van der Waals surface area contributed by atoms with Gasteiger partial charge in [-0.05, 0) is 30.2 Å². The number of rotatable bonds is 5. The molecule has 2 atom stereocenters. The molecule has 25 heavy (non-hydrogen) atoms. The summed E-state index contributed by atoms with van der Waals surface area (Å²) in [6, 6.07) is 17.4. The van der Waals surface area contributed by atoms with Crippen LogP contribution in [-0.4, -0.2) is 23.3 Å². The van der Waals surface area contributed by atoms with E-state index in [2.05, 4.69) is 15.9 Å². The lowest BCUT2D eigenvalue weighted by Gasteiger charge is -2.25. The molecule has 4 nitrogen and oxygen atoms in total. The fraction of sp³-hybridized carbons (Fsp3) is 0.300. The Balaban J connectivity index is 1.58. The Labute approximate surface area is 155 Å². The number of amides is 1. The van der Waals surface area contributed by atoms with Crippen molar-refractivity contribution in [2.45, 2.75) is 26.0 Å². The van der Waals surface area contributed by atoms with Gasteiger partial charge in [-0.2, -0.15) is 0 Å². The minimum atomic E-state index is -0.394. The summed E-state index contributed by atoms with van der Waals surface area (Å²) in [5.74, 6) is -0.699. The van der Waals surface area contributed by atoms with Gasteiger partial charge in [0, 0.05) is 17.4 Å². The second-order valence-corrected chi connectivity index (χ2v) is 7.18. The van der Waals surface area contributed by atoms with Crippen LogP contribution < -0.4 is 0 Å². The first-order valence-electron chi connectivity index (χ1n) is 8.30. The fourth-order valence-electron chi connectivity index (χ4n) is 3.03. The number of carbonyl (C=O) groups is 2. The number of hydrogen-bond acceptors (Lipinski definition) is 3. The van der Waals surface area contributed by atoms with Crippen molar-refractivity contribution in [2.24, 2.45) is 5.92 Å². The van der Waals surface area contributed by atoms with Gasteiger partial charge in [0.1, 0.15) is 6.61 Å². The summed E-state index contributed by atoms with van der Waals surface area (Å²) in [5.41, 5.74) is 2.00. The quantitative estimate of drug-likeness (QED) is 0.708. The van der Waals surface area contributed by atoms with Crippen molar-refractivity contribution in [3.8, 4) is 0 Å². The van der Waals surface area contributed by atoms with Crippen molar-refractivity contribution in [3.63, 3.8) is 0 Å². The largest absolute Gasteiger partial charge is 0.461 e. The number of ether oxygens (including phenoxy) is 1. The Bertz CT molecular complexity index is 745. The molecule has 0 radical (unpaired) electrons. The zero-order chi connectivity index (χ0) is 17.8. The molecular formula is C20H20BrNO3. The predicted octanol–water partition coefficient (Wildman–Crippen LogP) is 4.10. The Hall–Kier alpha value is -2.14. The number of nitrogens with zero attached hydrogens (tertiary/aromatic N) is 1. The van der Waals surface area contributed by atoms with E-state index in [9.17, 15) is 9.59 Å². The molecule has 1 amide bonds. The zero-order valence-corrected chi connectivity index (χ0v) is 15.6. The van der Waals surface area contributed by atoms with E-state index in [0.29, 0.717) is 6.54 Å². The summed E-state index contributed by atoms with van der Waals surface area (Å²) in [6.45, 7) is 2.63. The van der Waals surface area contributed by atoms with Gasteiger partial charge in [0.25, 0.3) is 0 Å². The normalized spacial score (nSPS) is 18.2. The molecule has 0 aliphatic carbocycles. The van der Waals surface area contributed by atoms with Crippen molar-refractivity contribution in [2.75, 3.05) is 6.54 Å². The molecule has 0 aromatic heterocycles. The average molecular weight is 402 g/mol. The molecule has 130 valence electrons. The molecule has 0 N–H and O–H groups in total. The number of likely N-dealkylation sites (tertiary alicyclic amines) is 1. The summed E-state index contributed by atoms with van der Waals surface area (Å²) in [4.78, 5) is 26.4. The van der Waals surface area contributed by atoms with Crippen molar-refractivity contribution < 1.29 is 14.3 Å².